The van der Waals surface area contributed by atoms with Crippen LogP contribution in [0.5, 0.6) is 0 Å². The summed E-state index contributed by atoms with van der Waals surface area (Å²) in [6.45, 7) is 1.22. The highest BCUT2D eigenvalue weighted by Gasteiger charge is 2.20. The van der Waals surface area contributed by atoms with E-state index in [4.69, 9.17) is 5.11 Å². The van der Waals surface area contributed by atoms with Crippen molar-refractivity contribution in [3.05, 3.63) is 35.9 Å². The van der Waals surface area contributed by atoms with Gasteiger partial charge in [0.25, 0.3) is 0 Å². The van der Waals surface area contributed by atoms with E-state index in [2.05, 4.69) is 10.6 Å². The van der Waals surface area contributed by atoms with Crippen LogP contribution in [0, 0.1) is 0 Å². The summed E-state index contributed by atoms with van der Waals surface area (Å²) in [4.78, 5) is 33.8. The smallest absolute Gasteiger partial charge is 0.322 e. The Bertz CT molecular complexity index is 473. The predicted molar refractivity (Wildman–Crippen MR) is 73.0 cm³/mol. The van der Waals surface area contributed by atoms with Crippen LogP contribution >= 0.6 is 0 Å². The first-order valence-electron chi connectivity index (χ1n) is 6.35. The number of carbonyl (C=O) groups excluding carboxylic acids is 2. The molecular weight excluding hydrogens is 260 g/mol. The molecule has 20 heavy (non-hydrogen) atoms. The molecule has 0 spiro atoms. The molecule has 1 aromatic carbocycles. The number of rotatable bonds is 7. The van der Waals surface area contributed by atoms with Crippen molar-refractivity contribution < 1.29 is 19.5 Å². The minimum Gasteiger partial charge on any atom is -0.480 e. The van der Waals surface area contributed by atoms with Gasteiger partial charge in [0.15, 0.2) is 0 Å². The number of carboxylic acids is 1. The van der Waals surface area contributed by atoms with Crippen LogP contribution in [0.25, 0.3) is 0 Å². The summed E-state index contributed by atoms with van der Waals surface area (Å²) < 4.78 is 0. The molecule has 0 radical (unpaired) electrons. The number of hydrogen-bond acceptors (Lipinski definition) is 3. The molecule has 0 heterocycles. The topological polar surface area (TPSA) is 95.5 Å². The van der Waals surface area contributed by atoms with Crippen molar-refractivity contribution >= 4 is 17.8 Å². The van der Waals surface area contributed by atoms with Crippen LogP contribution in [0.3, 0.4) is 0 Å². The van der Waals surface area contributed by atoms with E-state index in [1.165, 1.54) is 0 Å². The minimum absolute atomic E-state index is 0.253. The van der Waals surface area contributed by atoms with Crippen molar-refractivity contribution in [2.24, 2.45) is 0 Å². The lowest BCUT2D eigenvalue weighted by Crippen LogP contribution is -2.48. The Morgan fingerprint density at radius 1 is 1.20 bits per heavy atom. The van der Waals surface area contributed by atoms with Gasteiger partial charge in [0.1, 0.15) is 12.6 Å². The van der Waals surface area contributed by atoms with E-state index in [0.717, 1.165) is 5.56 Å². The fraction of sp³-hybridized carbons (Fsp3) is 0.357. The number of carboxylic acid groups (broad SMARTS) is 1. The number of aliphatic carboxylic acids is 1. The maximum atomic E-state index is 11.9. The molecule has 0 fully saturated rings. The highest BCUT2D eigenvalue weighted by Crippen LogP contribution is 2.04. The minimum atomic E-state index is -1.13. The molecule has 0 aliphatic heterocycles. The third kappa shape index (κ3) is 5.51. The van der Waals surface area contributed by atoms with Crippen molar-refractivity contribution in [3.63, 3.8) is 0 Å². The summed E-state index contributed by atoms with van der Waals surface area (Å²) in [6.07, 6.45) is 0.579. The highest BCUT2D eigenvalue weighted by molar-refractivity contribution is 5.89. The Morgan fingerprint density at radius 2 is 1.85 bits per heavy atom. The monoisotopic (exact) mass is 278 g/mol. The van der Waals surface area contributed by atoms with Gasteiger partial charge in [-0.25, -0.2) is 0 Å². The molecule has 1 aromatic rings. The molecule has 6 heteroatoms. The molecule has 0 saturated carbocycles. The Morgan fingerprint density at radius 3 is 2.40 bits per heavy atom. The van der Waals surface area contributed by atoms with Crippen molar-refractivity contribution in [2.45, 2.75) is 25.8 Å². The molecule has 0 bridgehead atoms. The zero-order valence-corrected chi connectivity index (χ0v) is 11.3. The van der Waals surface area contributed by atoms with E-state index in [0.29, 0.717) is 6.42 Å². The fourth-order valence-corrected chi connectivity index (χ4v) is 1.64. The zero-order valence-electron chi connectivity index (χ0n) is 11.3. The summed E-state index contributed by atoms with van der Waals surface area (Å²) in [7, 11) is 0. The molecule has 3 N–H and O–H groups in total. The van der Waals surface area contributed by atoms with Crippen molar-refractivity contribution in [3.8, 4) is 0 Å². The Kier molecular flexibility index (Phi) is 6.22. The first kappa shape index (κ1) is 15.7. The lowest BCUT2D eigenvalue weighted by Gasteiger charge is -2.17. The molecule has 1 rings (SSSR count). The molecule has 1 atom stereocenters. The molecule has 6 nitrogen and oxygen atoms in total. The van der Waals surface area contributed by atoms with E-state index in [1.807, 2.05) is 30.3 Å². The van der Waals surface area contributed by atoms with E-state index >= 15 is 0 Å². The maximum Gasteiger partial charge on any atom is 0.322 e. The van der Waals surface area contributed by atoms with Gasteiger partial charge in [-0.15, -0.1) is 0 Å². The van der Waals surface area contributed by atoms with Crippen LogP contribution in [-0.2, 0) is 20.8 Å². The van der Waals surface area contributed by atoms with E-state index in [9.17, 15) is 14.4 Å². The number of nitrogens with one attached hydrogen (secondary N) is 2. The normalized spacial score (nSPS) is 11.4. The van der Waals surface area contributed by atoms with Crippen LogP contribution in [0.15, 0.2) is 30.3 Å². The second-order valence-electron chi connectivity index (χ2n) is 4.27. The second kappa shape index (κ2) is 7.93. The Labute approximate surface area is 117 Å². The third-order valence-corrected chi connectivity index (χ3v) is 2.67. The van der Waals surface area contributed by atoms with Crippen LogP contribution < -0.4 is 10.6 Å². The average Bonchev–Trinajstić information content (AvgIpc) is 2.44. The van der Waals surface area contributed by atoms with Crippen LogP contribution in [0.1, 0.15) is 18.9 Å². The largest absolute Gasteiger partial charge is 0.480 e. The SMILES string of the molecule is CCC(=O)N[C@@H](Cc1ccccc1)C(=O)NCC(=O)O. The van der Waals surface area contributed by atoms with Crippen LogP contribution in [-0.4, -0.2) is 35.5 Å². The van der Waals surface area contributed by atoms with Crippen molar-refractivity contribution in [1.82, 2.24) is 10.6 Å². The summed E-state index contributed by atoms with van der Waals surface area (Å²) in [5.74, 6) is -1.88. The lowest BCUT2D eigenvalue weighted by molar-refractivity contribution is -0.138. The summed E-state index contributed by atoms with van der Waals surface area (Å²) in [6, 6.07) is 8.44. The van der Waals surface area contributed by atoms with E-state index in [-0.39, 0.29) is 12.3 Å². The summed E-state index contributed by atoms with van der Waals surface area (Å²) in [5, 5.41) is 13.4. The summed E-state index contributed by atoms with van der Waals surface area (Å²) in [5.41, 5.74) is 0.888. The lowest BCUT2D eigenvalue weighted by atomic mass is 10.1. The van der Waals surface area contributed by atoms with Gasteiger partial charge in [-0.1, -0.05) is 37.3 Å². The highest BCUT2D eigenvalue weighted by atomic mass is 16.4. The molecule has 0 aliphatic carbocycles. The Hall–Kier alpha value is -2.37. The molecule has 0 unspecified atom stereocenters. The third-order valence-electron chi connectivity index (χ3n) is 2.67. The van der Waals surface area contributed by atoms with Crippen LogP contribution in [0.2, 0.25) is 0 Å². The van der Waals surface area contributed by atoms with Gasteiger partial charge >= 0.3 is 5.97 Å². The summed E-state index contributed by atoms with van der Waals surface area (Å²) >= 11 is 0. The molecule has 0 aromatic heterocycles. The molecule has 108 valence electrons. The first-order chi connectivity index (χ1) is 9.52. The van der Waals surface area contributed by atoms with Gasteiger partial charge in [0, 0.05) is 12.8 Å². The predicted octanol–water partition coefficient (Wildman–Crippen LogP) is 0.325. The maximum absolute atomic E-state index is 11.9. The van der Waals surface area contributed by atoms with Gasteiger partial charge in [-0.3, -0.25) is 14.4 Å². The first-order valence-corrected chi connectivity index (χ1v) is 6.35. The number of benzene rings is 1. The number of carbonyl (C=O) groups is 3. The quantitative estimate of drug-likeness (QED) is 0.669. The zero-order chi connectivity index (χ0) is 15.0. The molecule has 2 amide bonds. The number of hydrogen-bond donors (Lipinski definition) is 3. The molecule has 0 aliphatic rings. The van der Waals surface area contributed by atoms with Gasteiger partial charge in [0.05, 0.1) is 0 Å². The van der Waals surface area contributed by atoms with Crippen molar-refractivity contribution in [1.29, 1.82) is 0 Å². The molecule has 0 saturated heterocycles. The van der Waals surface area contributed by atoms with Crippen molar-refractivity contribution in [2.75, 3.05) is 6.54 Å². The van der Waals surface area contributed by atoms with Gasteiger partial charge < -0.3 is 15.7 Å². The van der Waals surface area contributed by atoms with Crippen LogP contribution in [0.4, 0.5) is 0 Å². The van der Waals surface area contributed by atoms with Gasteiger partial charge in [-0.2, -0.15) is 0 Å². The number of amides is 2. The fourth-order valence-electron chi connectivity index (χ4n) is 1.64. The van der Waals surface area contributed by atoms with E-state index in [1.54, 1.807) is 6.92 Å². The standard InChI is InChI=1S/C14H18N2O4/c1-2-12(17)16-11(14(20)15-9-13(18)19)8-10-6-4-3-5-7-10/h3-7,11H,2,8-9H2,1H3,(H,15,20)(H,16,17)(H,18,19)/t11-/m0/s1. The van der Waals surface area contributed by atoms with Gasteiger partial charge in [-0.05, 0) is 5.56 Å². The van der Waals surface area contributed by atoms with E-state index < -0.39 is 24.5 Å². The second-order valence-corrected chi connectivity index (χ2v) is 4.27. The molecular formula is C14H18N2O4. The Balaban J connectivity index is 2.71. The average molecular weight is 278 g/mol. The van der Waals surface area contributed by atoms with Gasteiger partial charge in [0.2, 0.25) is 11.8 Å².